The van der Waals surface area contributed by atoms with Crippen molar-refractivity contribution < 1.29 is 27.4 Å². The molecule has 0 spiro atoms. The van der Waals surface area contributed by atoms with Gasteiger partial charge in [0.15, 0.2) is 0 Å². The number of carbonyl (C=O) groups is 1. The number of hydrogen-bond acceptors (Lipinski definition) is 6. The summed E-state index contributed by atoms with van der Waals surface area (Å²) in [5.74, 6) is 0.742. The van der Waals surface area contributed by atoms with E-state index in [9.17, 15) is 13.2 Å². The van der Waals surface area contributed by atoms with Crippen LogP contribution in [-0.4, -0.2) is 50.5 Å². The molecular formula is C30H37N3O6S. The summed E-state index contributed by atoms with van der Waals surface area (Å²) in [6.45, 7) is 4.95. The molecule has 1 amide bonds. The summed E-state index contributed by atoms with van der Waals surface area (Å²) in [6.07, 6.45) is 5.77. The number of nitrogens with zero attached hydrogens (tertiary/aromatic N) is 1. The van der Waals surface area contributed by atoms with Gasteiger partial charge in [0.1, 0.15) is 16.7 Å². The highest BCUT2D eigenvalue weighted by Gasteiger charge is 2.36. The number of rotatable bonds is 9. The highest BCUT2D eigenvalue weighted by Crippen LogP contribution is 2.46. The number of amides is 1. The van der Waals surface area contributed by atoms with Gasteiger partial charge in [-0.15, -0.1) is 0 Å². The standard InChI is InChI=1S/C30H37N3O6S/c1-19(2)38-30(34)31-21-8-6-20(7-9-21)28-29(40(35,36)32-22-10-11-22)26-13-12-25(39-24-14-16-37-17-15-24)18-27(26)33(28)23-4-3-5-23/h6-9,12-13,18-19,22-24,32H,3-5,10-11,14-17H2,1-2H3,(H,31,34). The third-order valence-corrected chi connectivity index (χ3v) is 9.35. The first-order chi connectivity index (χ1) is 19.3. The van der Waals surface area contributed by atoms with Crippen molar-refractivity contribution in [3.8, 4) is 17.0 Å². The van der Waals surface area contributed by atoms with Gasteiger partial charge in [0.25, 0.3) is 0 Å². The van der Waals surface area contributed by atoms with Crippen LogP contribution in [0.25, 0.3) is 22.2 Å². The summed E-state index contributed by atoms with van der Waals surface area (Å²) in [5, 5.41) is 3.43. The SMILES string of the molecule is CC(C)OC(=O)Nc1ccc(-c2c(S(=O)(=O)NC3CC3)c3ccc(OC4CCOCC4)cc3n2C2CCC2)cc1. The minimum Gasteiger partial charge on any atom is -0.490 e. The molecule has 0 unspecified atom stereocenters. The molecule has 2 saturated carbocycles. The van der Waals surface area contributed by atoms with Gasteiger partial charge in [0.05, 0.1) is 30.5 Å². The second kappa shape index (κ2) is 11.1. The van der Waals surface area contributed by atoms with Crippen LogP contribution in [-0.2, 0) is 19.5 Å². The molecule has 3 fully saturated rings. The highest BCUT2D eigenvalue weighted by molar-refractivity contribution is 7.90. The molecule has 3 aliphatic rings. The number of fused-ring (bicyclic) bond motifs is 1. The van der Waals surface area contributed by atoms with Gasteiger partial charge in [-0.25, -0.2) is 17.9 Å². The molecule has 0 bridgehead atoms. The molecule has 2 heterocycles. The Balaban J connectivity index is 1.45. The van der Waals surface area contributed by atoms with E-state index in [1.165, 1.54) is 0 Å². The Morgan fingerprint density at radius 3 is 2.35 bits per heavy atom. The van der Waals surface area contributed by atoms with Crippen LogP contribution in [0.3, 0.4) is 0 Å². The van der Waals surface area contributed by atoms with Crippen LogP contribution in [0.4, 0.5) is 10.5 Å². The van der Waals surface area contributed by atoms with Crippen LogP contribution in [0.2, 0.25) is 0 Å². The zero-order valence-corrected chi connectivity index (χ0v) is 23.8. The Morgan fingerprint density at radius 1 is 1.00 bits per heavy atom. The summed E-state index contributed by atoms with van der Waals surface area (Å²) in [7, 11) is -3.80. The molecule has 1 aliphatic heterocycles. The number of sulfonamides is 1. The monoisotopic (exact) mass is 567 g/mol. The van der Waals surface area contributed by atoms with Crippen molar-refractivity contribution in [3.05, 3.63) is 42.5 Å². The second-order valence-corrected chi connectivity index (χ2v) is 12.9. The van der Waals surface area contributed by atoms with Crippen molar-refractivity contribution in [2.75, 3.05) is 18.5 Å². The van der Waals surface area contributed by atoms with Gasteiger partial charge in [0.2, 0.25) is 10.0 Å². The molecule has 0 atom stereocenters. The van der Waals surface area contributed by atoms with E-state index in [-0.39, 0.29) is 24.3 Å². The normalized spacial score (nSPS) is 18.6. The van der Waals surface area contributed by atoms with Crippen LogP contribution in [0, 0.1) is 0 Å². The van der Waals surface area contributed by atoms with Crippen LogP contribution in [0.15, 0.2) is 47.4 Å². The lowest BCUT2D eigenvalue weighted by Gasteiger charge is -2.30. The molecule has 0 radical (unpaired) electrons. The lowest BCUT2D eigenvalue weighted by molar-refractivity contribution is 0.0256. The Kier molecular flexibility index (Phi) is 7.50. The number of hydrogen-bond donors (Lipinski definition) is 2. The Morgan fingerprint density at radius 2 is 1.73 bits per heavy atom. The predicted molar refractivity (Wildman–Crippen MR) is 153 cm³/mol. The highest BCUT2D eigenvalue weighted by atomic mass is 32.2. The largest absolute Gasteiger partial charge is 0.490 e. The molecule has 3 aromatic rings. The first kappa shape index (κ1) is 27.1. The predicted octanol–water partition coefficient (Wildman–Crippen LogP) is 5.99. The van der Waals surface area contributed by atoms with Crippen LogP contribution >= 0.6 is 0 Å². The van der Waals surface area contributed by atoms with E-state index in [1.807, 2.05) is 30.3 Å². The maximum absolute atomic E-state index is 13.9. The van der Waals surface area contributed by atoms with Crippen molar-refractivity contribution in [3.63, 3.8) is 0 Å². The minimum absolute atomic E-state index is 0.0189. The molecule has 1 aromatic heterocycles. The van der Waals surface area contributed by atoms with E-state index in [1.54, 1.807) is 26.0 Å². The maximum atomic E-state index is 13.9. The fourth-order valence-corrected chi connectivity index (χ4v) is 7.16. The zero-order chi connectivity index (χ0) is 27.9. The van der Waals surface area contributed by atoms with Crippen molar-refractivity contribution in [2.24, 2.45) is 0 Å². The van der Waals surface area contributed by atoms with Gasteiger partial charge in [-0.3, -0.25) is 5.32 Å². The van der Waals surface area contributed by atoms with Crippen LogP contribution < -0.4 is 14.8 Å². The molecule has 2 aliphatic carbocycles. The summed E-state index contributed by atoms with van der Waals surface area (Å²) in [4.78, 5) is 12.4. The minimum atomic E-state index is -3.80. The molecule has 40 heavy (non-hydrogen) atoms. The summed E-state index contributed by atoms with van der Waals surface area (Å²) < 4.78 is 49.9. The number of ether oxygens (including phenoxy) is 3. The van der Waals surface area contributed by atoms with E-state index in [4.69, 9.17) is 14.2 Å². The van der Waals surface area contributed by atoms with Gasteiger partial charge in [-0.1, -0.05) is 12.1 Å². The quantitative estimate of drug-likeness (QED) is 0.329. The van der Waals surface area contributed by atoms with Gasteiger partial charge >= 0.3 is 6.09 Å². The summed E-state index contributed by atoms with van der Waals surface area (Å²) in [5.41, 5.74) is 2.89. The Hall–Kier alpha value is -3.08. The first-order valence-electron chi connectivity index (χ1n) is 14.3. The van der Waals surface area contributed by atoms with Crippen molar-refractivity contribution in [1.29, 1.82) is 0 Å². The molecule has 2 N–H and O–H groups in total. The Labute approximate surface area is 235 Å². The van der Waals surface area contributed by atoms with Gasteiger partial charge in [0, 0.05) is 42.1 Å². The Bertz CT molecular complexity index is 1480. The van der Waals surface area contributed by atoms with Crippen LogP contribution in [0.5, 0.6) is 5.75 Å². The van der Waals surface area contributed by atoms with Crippen molar-refractivity contribution in [2.45, 2.75) is 88.0 Å². The molecular weight excluding hydrogens is 530 g/mol. The smallest absolute Gasteiger partial charge is 0.411 e. The van der Waals surface area contributed by atoms with Gasteiger partial charge < -0.3 is 18.8 Å². The van der Waals surface area contributed by atoms with Gasteiger partial charge in [-0.2, -0.15) is 0 Å². The first-order valence-corrected chi connectivity index (χ1v) is 15.8. The lowest BCUT2D eigenvalue weighted by atomic mass is 9.92. The number of aromatic nitrogens is 1. The van der Waals surface area contributed by atoms with E-state index in [2.05, 4.69) is 14.6 Å². The topological polar surface area (TPSA) is 108 Å². The molecule has 214 valence electrons. The number of carbonyl (C=O) groups excluding carboxylic acids is 1. The lowest BCUT2D eigenvalue weighted by Crippen LogP contribution is -2.26. The second-order valence-electron chi connectivity index (χ2n) is 11.3. The summed E-state index contributed by atoms with van der Waals surface area (Å²) in [6, 6.07) is 13.2. The third kappa shape index (κ3) is 5.70. The molecule has 1 saturated heterocycles. The molecule has 9 nitrogen and oxygen atoms in total. The molecule has 6 rings (SSSR count). The fraction of sp³-hybridized carbons (Fsp3) is 0.500. The number of benzene rings is 2. The number of anilines is 1. The zero-order valence-electron chi connectivity index (χ0n) is 23.0. The van der Waals surface area contributed by atoms with E-state index in [0.29, 0.717) is 34.9 Å². The van der Waals surface area contributed by atoms with E-state index in [0.717, 1.165) is 61.8 Å². The molecule has 2 aromatic carbocycles. The van der Waals surface area contributed by atoms with E-state index >= 15 is 0 Å². The van der Waals surface area contributed by atoms with Gasteiger partial charge in [-0.05, 0) is 75.8 Å². The molecule has 10 heteroatoms. The maximum Gasteiger partial charge on any atom is 0.411 e. The third-order valence-electron chi connectivity index (χ3n) is 7.76. The number of nitrogens with one attached hydrogen (secondary N) is 2. The average Bonchev–Trinajstić information content (AvgIpc) is 3.62. The van der Waals surface area contributed by atoms with Crippen LogP contribution in [0.1, 0.15) is 64.8 Å². The fourth-order valence-electron chi connectivity index (χ4n) is 5.44. The van der Waals surface area contributed by atoms with Crippen molar-refractivity contribution >= 4 is 32.7 Å². The average molecular weight is 568 g/mol. The summed E-state index contributed by atoms with van der Waals surface area (Å²) >= 11 is 0. The van der Waals surface area contributed by atoms with E-state index < -0.39 is 16.1 Å². The van der Waals surface area contributed by atoms with Crippen molar-refractivity contribution in [1.82, 2.24) is 9.29 Å².